The molecule has 2 rings (SSSR count). The van der Waals surface area contributed by atoms with Crippen LogP contribution in [0.4, 0.5) is 11.6 Å². The summed E-state index contributed by atoms with van der Waals surface area (Å²) in [5.41, 5.74) is 0.798. The van der Waals surface area contributed by atoms with Crippen molar-refractivity contribution in [2.24, 2.45) is 24.3 Å². The Kier molecular flexibility index (Phi) is 6.40. The average Bonchev–Trinajstić information content (AvgIpc) is 2.75. The minimum atomic E-state index is -4.94. The molecule has 0 unspecified atom stereocenters. The standard InChI is InChI=1S/C12H15N4O.ClHO4/c1-15-8-9-16(2)12(15)14-13-10-4-6-11(17-3)7-5-10;2-1(3,4)5/h4-9H,1-3H3;(H,2,3,4,5)/q+1;/p-1. The summed E-state index contributed by atoms with van der Waals surface area (Å²) in [6.07, 6.45) is 3.87. The van der Waals surface area contributed by atoms with Gasteiger partial charge in [-0.2, -0.15) is 0 Å². The molecule has 0 aliphatic rings. The number of nitrogens with zero attached hydrogens (tertiary/aromatic N) is 4. The topological polar surface area (TPSA) is 135 Å². The molecule has 0 aliphatic carbocycles. The molecule has 0 amide bonds. The number of aromatic nitrogens is 2. The van der Waals surface area contributed by atoms with E-state index >= 15 is 0 Å². The number of ether oxygens (including phenoxy) is 1. The van der Waals surface area contributed by atoms with Gasteiger partial charge in [0.25, 0.3) is 0 Å². The molecule has 1 heterocycles. The summed E-state index contributed by atoms with van der Waals surface area (Å²) in [6, 6.07) is 7.45. The van der Waals surface area contributed by atoms with Crippen LogP contribution in [0.1, 0.15) is 0 Å². The van der Waals surface area contributed by atoms with Gasteiger partial charge in [0.05, 0.1) is 33.6 Å². The van der Waals surface area contributed by atoms with Gasteiger partial charge in [-0.15, -0.1) is 10.2 Å². The number of rotatable bonds is 3. The zero-order chi connectivity index (χ0) is 16.8. The second-order valence-corrected chi connectivity index (χ2v) is 4.85. The van der Waals surface area contributed by atoms with Gasteiger partial charge in [0.15, 0.2) is 0 Å². The number of benzene rings is 1. The van der Waals surface area contributed by atoms with Crippen LogP contribution >= 0.6 is 0 Å². The molecular weight excluding hydrogens is 316 g/mol. The van der Waals surface area contributed by atoms with Crippen molar-refractivity contribution in [3.8, 4) is 5.75 Å². The molecule has 0 N–H and O–H groups in total. The van der Waals surface area contributed by atoms with Crippen molar-refractivity contribution in [2.45, 2.75) is 0 Å². The Morgan fingerprint density at radius 3 is 2.05 bits per heavy atom. The zero-order valence-electron chi connectivity index (χ0n) is 12.2. The maximum absolute atomic E-state index is 8.49. The fourth-order valence-electron chi connectivity index (χ4n) is 1.47. The van der Waals surface area contributed by atoms with Crippen LogP contribution in [0.25, 0.3) is 0 Å². The van der Waals surface area contributed by atoms with Crippen LogP contribution < -0.4 is 27.9 Å². The van der Waals surface area contributed by atoms with Crippen molar-refractivity contribution in [3.63, 3.8) is 0 Å². The zero-order valence-corrected chi connectivity index (χ0v) is 12.9. The number of imidazole rings is 1. The van der Waals surface area contributed by atoms with Crippen LogP contribution in [-0.2, 0) is 14.1 Å². The highest BCUT2D eigenvalue weighted by Crippen LogP contribution is 2.19. The highest BCUT2D eigenvalue weighted by atomic mass is 35.7. The number of methoxy groups -OCH3 is 1. The van der Waals surface area contributed by atoms with Crippen LogP contribution in [0.2, 0.25) is 0 Å². The number of azo groups is 1. The fourth-order valence-corrected chi connectivity index (χ4v) is 1.47. The lowest BCUT2D eigenvalue weighted by molar-refractivity contribution is -2.00. The van der Waals surface area contributed by atoms with Crippen molar-refractivity contribution in [1.29, 1.82) is 0 Å². The molecule has 0 atom stereocenters. The van der Waals surface area contributed by atoms with E-state index in [1.807, 2.05) is 59.9 Å². The Balaban J connectivity index is 0.000000422. The summed E-state index contributed by atoms with van der Waals surface area (Å²) < 4.78 is 42.9. The number of hydrogen-bond donors (Lipinski definition) is 0. The predicted molar refractivity (Wildman–Crippen MR) is 63.8 cm³/mol. The fraction of sp³-hybridized carbons (Fsp3) is 0.250. The summed E-state index contributed by atoms with van der Waals surface area (Å²) in [6.45, 7) is 0. The second-order valence-electron chi connectivity index (χ2n) is 4.10. The smallest absolute Gasteiger partial charge is 0.421 e. The van der Waals surface area contributed by atoms with Gasteiger partial charge in [0.2, 0.25) is 0 Å². The average molecular weight is 331 g/mol. The molecule has 10 heteroatoms. The first-order valence-electron chi connectivity index (χ1n) is 5.89. The van der Waals surface area contributed by atoms with Gasteiger partial charge in [0, 0.05) is 5.11 Å². The van der Waals surface area contributed by atoms with Crippen LogP contribution in [0.3, 0.4) is 0 Å². The van der Waals surface area contributed by atoms with E-state index in [2.05, 4.69) is 10.2 Å². The normalized spacial score (nSPS) is 11.2. The third-order valence-corrected chi connectivity index (χ3v) is 2.47. The molecule has 120 valence electrons. The second kappa shape index (κ2) is 7.82. The molecule has 0 saturated heterocycles. The monoisotopic (exact) mass is 330 g/mol. The summed E-state index contributed by atoms with van der Waals surface area (Å²) in [5, 5.41) is 8.37. The van der Waals surface area contributed by atoms with E-state index in [1.165, 1.54) is 0 Å². The van der Waals surface area contributed by atoms with Crippen molar-refractivity contribution in [2.75, 3.05) is 7.11 Å². The summed E-state index contributed by atoms with van der Waals surface area (Å²) >= 11 is 0. The number of aryl methyl sites for hydroxylation is 2. The number of hydrogen-bond acceptors (Lipinski definition) is 7. The lowest BCUT2D eigenvalue weighted by Gasteiger charge is -2.17. The Hall–Kier alpha value is -2.04. The Labute approximate surface area is 129 Å². The summed E-state index contributed by atoms with van der Waals surface area (Å²) in [5.74, 6) is 1.61. The van der Waals surface area contributed by atoms with Crippen molar-refractivity contribution in [1.82, 2.24) is 4.57 Å². The minimum absolute atomic E-state index is 0.792. The van der Waals surface area contributed by atoms with Crippen molar-refractivity contribution in [3.05, 3.63) is 36.7 Å². The Morgan fingerprint density at radius 2 is 1.64 bits per heavy atom. The van der Waals surface area contributed by atoms with Crippen LogP contribution in [0.15, 0.2) is 46.9 Å². The van der Waals surface area contributed by atoms with Gasteiger partial charge in [-0.05, 0) is 24.3 Å². The maximum Gasteiger partial charge on any atom is 0.421 e. The van der Waals surface area contributed by atoms with Gasteiger partial charge >= 0.3 is 5.95 Å². The van der Waals surface area contributed by atoms with E-state index < -0.39 is 10.2 Å². The third kappa shape index (κ3) is 6.61. The van der Waals surface area contributed by atoms with Gasteiger partial charge in [0.1, 0.15) is 11.4 Å². The van der Waals surface area contributed by atoms with Gasteiger partial charge in [-0.1, -0.05) is 5.11 Å². The van der Waals surface area contributed by atoms with Crippen LogP contribution in [0, 0.1) is 10.2 Å². The molecule has 0 bridgehead atoms. The molecule has 9 nitrogen and oxygen atoms in total. The van der Waals surface area contributed by atoms with Gasteiger partial charge in [-0.3, -0.25) is 0 Å². The first-order chi connectivity index (χ1) is 10.2. The highest BCUT2D eigenvalue weighted by molar-refractivity contribution is 5.40. The number of halogens is 1. The predicted octanol–water partition coefficient (Wildman–Crippen LogP) is -2.48. The minimum Gasteiger partial charge on any atom is -0.497 e. The molecule has 0 aliphatic heterocycles. The van der Waals surface area contributed by atoms with Crippen molar-refractivity contribution >= 4 is 11.6 Å². The lowest BCUT2D eigenvalue weighted by atomic mass is 10.3. The quantitative estimate of drug-likeness (QED) is 0.453. The summed E-state index contributed by atoms with van der Waals surface area (Å²) in [4.78, 5) is 0. The largest absolute Gasteiger partial charge is 0.497 e. The van der Waals surface area contributed by atoms with Gasteiger partial charge < -0.3 is 4.74 Å². The Morgan fingerprint density at radius 1 is 1.09 bits per heavy atom. The SMILES string of the molecule is COc1ccc(N=Nc2n(C)cc[n+]2C)cc1.[O-][Cl+3]([O-])([O-])[O-]. The molecule has 0 radical (unpaired) electrons. The molecule has 0 saturated carbocycles. The van der Waals surface area contributed by atoms with Crippen LogP contribution in [0.5, 0.6) is 5.75 Å². The lowest BCUT2D eigenvalue weighted by Crippen LogP contribution is -2.68. The first kappa shape index (κ1) is 18.0. The van der Waals surface area contributed by atoms with Crippen LogP contribution in [-0.4, -0.2) is 11.7 Å². The van der Waals surface area contributed by atoms with E-state index in [-0.39, 0.29) is 0 Å². The molecular formula is C12H15ClN4O5. The highest BCUT2D eigenvalue weighted by Gasteiger charge is 2.09. The Bertz CT molecular complexity index is 596. The van der Waals surface area contributed by atoms with E-state index in [9.17, 15) is 0 Å². The van der Waals surface area contributed by atoms with Crippen molar-refractivity contribution < 1.29 is 38.2 Å². The maximum atomic E-state index is 8.49. The first-order valence-corrected chi connectivity index (χ1v) is 7.12. The third-order valence-electron chi connectivity index (χ3n) is 2.47. The molecule has 1 aromatic carbocycles. The van der Waals surface area contributed by atoms with Gasteiger partial charge in [-0.25, -0.2) is 27.8 Å². The molecule has 0 spiro atoms. The van der Waals surface area contributed by atoms with E-state index in [4.69, 9.17) is 23.4 Å². The van der Waals surface area contributed by atoms with E-state index in [1.54, 1.807) is 7.11 Å². The van der Waals surface area contributed by atoms with E-state index in [0.29, 0.717) is 0 Å². The molecule has 2 aromatic rings. The summed E-state index contributed by atoms with van der Waals surface area (Å²) in [7, 11) is 0.561. The molecule has 1 aromatic heterocycles. The molecule has 0 fully saturated rings. The molecule has 22 heavy (non-hydrogen) atoms. The van der Waals surface area contributed by atoms with E-state index in [0.717, 1.165) is 17.4 Å².